The fraction of sp³-hybridized carbons (Fsp3) is 0.882. The number of carbonyl (C=O) groups is 2. The molecule has 2 aliphatic heterocycles. The molecule has 0 atom stereocenters. The highest BCUT2D eigenvalue weighted by Crippen LogP contribution is 2.36. The number of hydrogen-bond acceptors (Lipinski definition) is 5. The highest BCUT2D eigenvalue weighted by molar-refractivity contribution is 7.89. The molecule has 8 nitrogen and oxygen atoms in total. The Kier molecular flexibility index (Phi) is 5.60. The van der Waals surface area contributed by atoms with Gasteiger partial charge < -0.3 is 5.32 Å². The molecular formula is C17H30N4O4S. The highest BCUT2D eigenvalue weighted by atomic mass is 32.2. The van der Waals surface area contributed by atoms with Crippen molar-refractivity contribution in [2.75, 3.05) is 25.5 Å². The number of hydrogen-bond donors (Lipinski definition) is 2. The zero-order valence-corrected chi connectivity index (χ0v) is 16.5. The van der Waals surface area contributed by atoms with E-state index in [1.165, 1.54) is 4.90 Å². The van der Waals surface area contributed by atoms with Crippen LogP contribution >= 0.6 is 0 Å². The zero-order valence-electron chi connectivity index (χ0n) is 15.7. The minimum Gasteiger partial charge on any atom is -0.323 e. The Balaban J connectivity index is 1.54. The zero-order chi connectivity index (χ0) is 18.9. The standard InChI is InChI=1S/C17H30N4O4S/c1-3-26(24,25)19-14-6-10-20(11-7-14)12-21-15(22)17(18-16(21)23)8-4-13(2)5-9-17/h13-14,19H,3-12H2,1-2H3,(H,18,23). The molecule has 0 aromatic rings. The number of rotatable bonds is 5. The van der Waals surface area contributed by atoms with Crippen LogP contribution in [0.25, 0.3) is 0 Å². The summed E-state index contributed by atoms with van der Waals surface area (Å²) in [5, 5.41) is 2.95. The van der Waals surface area contributed by atoms with E-state index in [4.69, 9.17) is 0 Å². The molecule has 148 valence electrons. The number of nitrogens with zero attached hydrogens (tertiary/aromatic N) is 2. The molecule has 26 heavy (non-hydrogen) atoms. The first-order chi connectivity index (χ1) is 12.2. The molecule has 3 rings (SSSR count). The van der Waals surface area contributed by atoms with Gasteiger partial charge in [0.25, 0.3) is 5.91 Å². The summed E-state index contributed by atoms with van der Waals surface area (Å²) in [4.78, 5) is 28.7. The summed E-state index contributed by atoms with van der Waals surface area (Å²) < 4.78 is 26.1. The van der Waals surface area contributed by atoms with Crippen molar-refractivity contribution in [3.05, 3.63) is 0 Å². The average molecular weight is 387 g/mol. The number of urea groups is 1. The van der Waals surface area contributed by atoms with Gasteiger partial charge in [-0.2, -0.15) is 0 Å². The number of carbonyl (C=O) groups excluding carboxylic acids is 2. The summed E-state index contributed by atoms with van der Waals surface area (Å²) in [5.74, 6) is 0.588. The molecule has 0 unspecified atom stereocenters. The molecule has 3 aliphatic rings. The van der Waals surface area contributed by atoms with Crippen LogP contribution < -0.4 is 10.0 Å². The Hall–Kier alpha value is -1.19. The van der Waals surface area contributed by atoms with Crippen LogP contribution in [0.1, 0.15) is 52.4 Å². The van der Waals surface area contributed by atoms with Crippen molar-refractivity contribution in [3.8, 4) is 0 Å². The highest BCUT2D eigenvalue weighted by Gasteiger charge is 2.52. The topological polar surface area (TPSA) is 98.8 Å². The molecule has 0 bridgehead atoms. The SMILES string of the molecule is CCS(=O)(=O)NC1CCN(CN2C(=O)NC3(CCC(C)CC3)C2=O)CC1. The Labute approximate surface area is 155 Å². The molecule has 3 amide bonds. The third-order valence-electron chi connectivity index (χ3n) is 6.03. The average Bonchev–Trinajstić information content (AvgIpc) is 2.83. The molecule has 9 heteroatoms. The number of sulfonamides is 1. The lowest BCUT2D eigenvalue weighted by atomic mass is 9.77. The van der Waals surface area contributed by atoms with Gasteiger partial charge in [-0.15, -0.1) is 0 Å². The Morgan fingerprint density at radius 1 is 1.15 bits per heavy atom. The lowest BCUT2D eigenvalue weighted by Gasteiger charge is -2.35. The van der Waals surface area contributed by atoms with Gasteiger partial charge in [-0.1, -0.05) is 6.92 Å². The van der Waals surface area contributed by atoms with Crippen molar-refractivity contribution >= 4 is 22.0 Å². The summed E-state index contributed by atoms with van der Waals surface area (Å²) in [6.07, 6.45) is 4.73. The van der Waals surface area contributed by atoms with E-state index < -0.39 is 15.6 Å². The smallest absolute Gasteiger partial charge is 0.323 e. The maximum Gasteiger partial charge on any atom is 0.326 e. The van der Waals surface area contributed by atoms with Crippen LogP contribution in [-0.2, 0) is 14.8 Å². The van der Waals surface area contributed by atoms with Gasteiger partial charge >= 0.3 is 6.03 Å². The molecule has 2 heterocycles. The van der Waals surface area contributed by atoms with Gasteiger partial charge in [0.2, 0.25) is 10.0 Å². The van der Waals surface area contributed by atoms with Gasteiger partial charge in [0.1, 0.15) is 5.54 Å². The monoisotopic (exact) mass is 386 g/mol. The maximum absolute atomic E-state index is 12.9. The van der Waals surface area contributed by atoms with E-state index in [9.17, 15) is 18.0 Å². The first-order valence-electron chi connectivity index (χ1n) is 9.61. The fourth-order valence-corrected chi connectivity index (χ4v) is 5.04. The lowest BCUT2D eigenvalue weighted by Crippen LogP contribution is -2.51. The molecule has 1 saturated carbocycles. The van der Waals surface area contributed by atoms with Crippen LogP contribution in [-0.4, -0.2) is 67.2 Å². The minimum atomic E-state index is -3.20. The molecule has 2 N–H and O–H groups in total. The first-order valence-corrected chi connectivity index (χ1v) is 11.3. The molecule has 0 aromatic carbocycles. The van der Waals surface area contributed by atoms with Crippen LogP contribution in [0.5, 0.6) is 0 Å². The molecule has 2 saturated heterocycles. The molecule has 3 fully saturated rings. The second-order valence-corrected chi connectivity index (χ2v) is 10.0. The molecule has 0 radical (unpaired) electrons. The summed E-state index contributed by atoms with van der Waals surface area (Å²) in [6.45, 7) is 5.42. The summed E-state index contributed by atoms with van der Waals surface area (Å²) >= 11 is 0. The van der Waals surface area contributed by atoms with E-state index in [0.29, 0.717) is 31.8 Å². The normalized spacial score (nSPS) is 31.6. The van der Waals surface area contributed by atoms with Crippen LogP contribution in [0.15, 0.2) is 0 Å². The van der Waals surface area contributed by atoms with E-state index in [1.54, 1.807) is 6.92 Å². The van der Waals surface area contributed by atoms with Crippen LogP contribution in [0, 0.1) is 5.92 Å². The fourth-order valence-electron chi connectivity index (χ4n) is 4.13. The van der Waals surface area contributed by atoms with Crippen molar-refractivity contribution in [1.29, 1.82) is 0 Å². The summed E-state index contributed by atoms with van der Waals surface area (Å²) in [5.41, 5.74) is -0.696. The number of piperidine rings is 1. The van der Waals surface area contributed by atoms with E-state index in [1.807, 2.05) is 0 Å². The summed E-state index contributed by atoms with van der Waals surface area (Å²) in [6, 6.07) is -0.358. The number of likely N-dealkylation sites (tertiary alicyclic amines) is 1. The van der Waals surface area contributed by atoms with E-state index in [2.05, 4.69) is 21.9 Å². The number of imide groups is 1. The largest absolute Gasteiger partial charge is 0.326 e. The molecular weight excluding hydrogens is 356 g/mol. The first kappa shape index (κ1) is 19.6. The Morgan fingerprint density at radius 3 is 2.35 bits per heavy atom. The van der Waals surface area contributed by atoms with Crippen molar-refractivity contribution in [1.82, 2.24) is 19.8 Å². The van der Waals surface area contributed by atoms with Gasteiger partial charge in [-0.05, 0) is 51.4 Å². The molecule has 1 aliphatic carbocycles. The second kappa shape index (κ2) is 7.44. The second-order valence-electron chi connectivity index (χ2n) is 7.98. The third-order valence-corrected chi connectivity index (χ3v) is 7.48. The third kappa shape index (κ3) is 4.04. The van der Waals surface area contributed by atoms with Gasteiger partial charge in [0.15, 0.2) is 0 Å². The van der Waals surface area contributed by atoms with Crippen molar-refractivity contribution in [2.45, 2.75) is 64.0 Å². The van der Waals surface area contributed by atoms with E-state index in [0.717, 1.165) is 25.7 Å². The number of nitrogens with one attached hydrogen (secondary N) is 2. The van der Waals surface area contributed by atoms with Crippen molar-refractivity contribution < 1.29 is 18.0 Å². The summed E-state index contributed by atoms with van der Waals surface area (Å²) in [7, 11) is -3.20. The van der Waals surface area contributed by atoms with Gasteiger partial charge in [-0.3, -0.25) is 9.69 Å². The van der Waals surface area contributed by atoms with E-state index >= 15 is 0 Å². The van der Waals surface area contributed by atoms with Gasteiger partial charge in [-0.25, -0.2) is 22.8 Å². The van der Waals surface area contributed by atoms with Crippen LogP contribution in [0.4, 0.5) is 4.79 Å². The predicted octanol–water partition coefficient (Wildman–Crippen LogP) is 0.848. The maximum atomic E-state index is 12.9. The van der Waals surface area contributed by atoms with Crippen LogP contribution in [0.2, 0.25) is 0 Å². The number of amides is 3. The van der Waals surface area contributed by atoms with Crippen LogP contribution in [0.3, 0.4) is 0 Å². The van der Waals surface area contributed by atoms with Gasteiger partial charge in [0.05, 0.1) is 12.4 Å². The Morgan fingerprint density at radius 2 is 1.77 bits per heavy atom. The van der Waals surface area contributed by atoms with Crippen molar-refractivity contribution in [2.24, 2.45) is 5.92 Å². The Bertz CT molecular complexity index is 650. The predicted molar refractivity (Wildman–Crippen MR) is 97.8 cm³/mol. The molecule has 1 spiro atoms. The quantitative estimate of drug-likeness (QED) is 0.683. The van der Waals surface area contributed by atoms with E-state index in [-0.39, 0.29) is 30.4 Å². The minimum absolute atomic E-state index is 0.0644. The van der Waals surface area contributed by atoms with Gasteiger partial charge in [0, 0.05) is 19.1 Å². The van der Waals surface area contributed by atoms with Crippen molar-refractivity contribution in [3.63, 3.8) is 0 Å². The molecule has 0 aromatic heterocycles. The lowest BCUT2D eigenvalue weighted by molar-refractivity contribution is -0.134.